The van der Waals surface area contributed by atoms with Crippen molar-refractivity contribution in [2.75, 3.05) is 11.9 Å². The average Bonchev–Trinajstić information content (AvgIpc) is 3.20. The Bertz CT molecular complexity index is 489. The largest absolute Gasteiger partial charge is 0.480 e. The zero-order valence-electron chi connectivity index (χ0n) is 11.3. The van der Waals surface area contributed by atoms with Gasteiger partial charge in [0.2, 0.25) is 5.91 Å². The molecule has 1 aromatic carbocycles. The molecule has 0 saturated heterocycles. The predicted octanol–water partition coefficient (Wildman–Crippen LogP) is 2.47. The van der Waals surface area contributed by atoms with E-state index in [1.165, 1.54) is 10.5 Å². The van der Waals surface area contributed by atoms with Crippen molar-refractivity contribution in [3.63, 3.8) is 0 Å². The van der Waals surface area contributed by atoms with E-state index in [0.717, 1.165) is 18.5 Å². The van der Waals surface area contributed by atoms with Crippen molar-refractivity contribution in [3.05, 3.63) is 29.8 Å². The maximum Gasteiger partial charge on any atom is 0.319 e. The van der Waals surface area contributed by atoms with Crippen molar-refractivity contribution in [2.45, 2.75) is 32.6 Å². The molecule has 0 spiro atoms. The molecule has 1 aliphatic carbocycles. The summed E-state index contributed by atoms with van der Waals surface area (Å²) in [5, 5.41) is 9.14. The number of rotatable bonds is 5. The Morgan fingerprint density at radius 2 is 1.84 bits per heavy atom. The lowest BCUT2D eigenvalue weighted by molar-refractivity contribution is -0.148. The van der Waals surface area contributed by atoms with E-state index in [0.29, 0.717) is 12.8 Å². The molecule has 0 atom stereocenters. The van der Waals surface area contributed by atoms with Crippen molar-refractivity contribution in [3.8, 4) is 0 Å². The van der Waals surface area contributed by atoms with Gasteiger partial charge in [-0.25, -0.2) is 0 Å². The lowest BCUT2D eigenvalue weighted by Gasteiger charge is -2.21. The van der Waals surface area contributed by atoms with Crippen molar-refractivity contribution >= 4 is 17.6 Å². The standard InChI is InChI=1S/C15H19NO3/c1-3-4-11-5-7-12(8-6-11)16(2)13(17)15(9-10-15)14(18)19/h5-8H,3-4,9-10H2,1-2H3,(H,18,19). The zero-order valence-corrected chi connectivity index (χ0v) is 11.3. The number of hydrogen-bond acceptors (Lipinski definition) is 2. The van der Waals surface area contributed by atoms with Crippen molar-refractivity contribution in [1.82, 2.24) is 0 Å². The fourth-order valence-electron chi connectivity index (χ4n) is 2.26. The Morgan fingerprint density at radius 1 is 1.26 bits per heavy atom. The highest BCUT2D eigenvalue weighted by Crippen LogP contribution is 2.47. The Labute approximate surface area is 113 Å². The maximum absolute atomic E-state index is 12.2. The highest BCUT2D eigenvalue weighted by atomic mass is 16.4. The van der Waals surface area contributed by atoms with Gasteiger partial charge in [-0.3, -0.25) is 9.59 Å². The summed E-state index contributed by atoms with van der Waals surface area (Å²) in [6.45, 7) is 2.12. The van der Waals surface area contributed by atoms with Gasteiger partial charge in [-0.2, -0.15) is 0 Å². The first-order chi connectivity index (χ1) is 9.01. The van der Waals surface area contributed by atoms with Gasteiger partial charge < -0.3 is 10.0 Å². The molecule has 19 heavy (non-hydrogen) atoms. The Morgan fingerprint density at radius 3 is 2.26 bits per heavy atom. The molecule has 1 fully saturated rings. The smallest absolute Gasteiger partial charge is 0.319 e. The first-order valence-electron chi connectivity index (χ1n) is 6.62. The van der Waals surface area contributed by atoms with Crippen LogP contribution in [-0.4, -0.2) is 24.0 Å². The Kier molecular flexibility index (Phi) is 3.60. The van der Waals surface area contributed by atoms with Crippen LogP contribution in [0.2, 0.25) is 0 Å². The molecule has 1 N–H and O–H groups in total. The summed E-state index contributed by atoms with van der Waals surface area (Å²) in [6, 6.07) is 7.73. The lowest BCUT2D eigenvalue weighted by atomic mass is 10.1. The number of carbonyl (C=O) groups is 2. The normalized spacial score (nSPS) is 15.9. The lowest BCUT2D eigenvalue weighted by Crippen LogP contribution is -2.38. The summed E-state index contributed by atoms with van der Waals surface area (Å²) in [5.74, 6) is -1.32. The Balaban J connectivity index is 2.13. The third kappa shape index (κ3) is 2.48. The number of anilines is 1. The van der Waals surface area contributed by atoms with Gasteiger partial charge >= 0.3 is 5.97 Å². The Hall–Kier alpha value is -1.84. The van der Waals surface area contributed by atoms with Gasteiger partial charge in [0.05, 0.1) is 0 Å². The molecule has 2 rings (SSSR count). The molecule has 4 nitrogen and oxygen atoms in total. The van der Waals surface area contributed by atoms with Gasteiger partial charge in [0, 0.05) is 12.7 Å². The maximum atomic E-state index is 12.2. The van der Waals surface area contributed by atoms with Crippen LogP contribution in [0.15, 0.2) is 24.3 Å². The first kappa shape index (κ1) is 13.6. The van der Waals surface area contributed by atoms with Crippen LogP contribution in [0.3, 0.4) is 0 Å². The van der Waals surface area contributed by atoms with Gasteiger partial charge in [0.25, 0.3) is 0 Å². The summed E-state index contributed by atoms with van der Waals surface area (Å²) in [6.07, 6.45) is 2.98. The number of aryl methyl sites for hydroxylation is 1. The van der Waals surface area contributed by atoms with E-state index < -0.39 is 11.4 Å². The minimum absolute atomic E-state index is 0.316. The third-order valence-corrected chi connectivity index (χ3v) is 3.74. The van der Waals surface area contributed by atoms with E-state index in [2.05, 4.69) is 6.92 Å². The molecular weight excluding hydrogens is 242 g/mol. The second-order valence-electron chi connectivity index (χ2n) is 5.17. The number of nitrogens with zero attached hydrogens (tertiary/aromatic N) is 1. The van der Waals surface area contributed by atoms with Gasteiger partial charge in [-0.1, -0.05) is 25.5 Å². The van der Waals surface area contributed by atoms with Gasteiger partial charge in [0.15, 0.2) is 0 Å². The van der Waals surface area contributed by atoms with Crippen LogP contribution in [-0.2, 0) is 16.0 Å². The first-order valence-corrected chi connectivity index (χ1v) is 6.62. The quantitative estimate of drug-likeness (QED) is 0.828. The molecule has 1 amide bonds. The molecule has 1 saturated carbocycles. The van der Waals surface area contributed by atoms with Crippen molar-refractivity contribution < 1.29 is 14.7 Å². The molecule has 1 aromatic rings. The molecule has 4 heteroatoms. The number of hydrogen-bond donors (Lipinski definition) is 1. The molecule has 0 bridgehead atoms. The number of carboxylic acids is 1. The highest BCUT2D eigenvalue weighted by Gasteiger charge is 2.58. The molecule has 0 radical (unpaired) electrons. The molecule has 0 unspecified atom stereocenters. The van der Waals surface area contributed by atoms with Gasteiger partial charge in [-0.05, 0) is 37.0 Å². The van der Waals surface area contributed by atoms with Crippen LogP contribution in [0.4, 0.5) is 5.69 Å². The van der Waals surface area contributed by atoms with E-state index in [1.54, 1.807) is 7.05 Å². The summed E-state index contributed by atoms with van der Waals surface area (Å²) >= 11 is 0. The summed E-state index contributed by atoms with van der Waals surface area (Å²) in [7, 11) is 1.64. The SMILES string of the molecule is CCCc1ccc(N(C)C(=O)C2(C(=O)O)CC2)cc1. The highest BCUT2D eigenvalue weighted by molar-refractivity contribution is 6.11. The van der Waals surface area contributed by atoms with E-state index in [1.807, 2.05) is 24.3 Å². The molecule has 1 aliphatic rings. The fraction of sp³-hybridized carbons (Fsp3) is 0.467. The van der Waals surface area contributed by atoms with E-state index in [-0.39, 0.29) is 5.91 Å². The van der Waals surface area contributed by atoms with Crippen molar-refractivity contribution in [1.29, 1.82) is 0 Å². The van der Waals surface area contributed by atoms with Crippen LogP contribution in [0.5, 0.6) is 0 Å². The summed E-state index contributed by atoms with van der Waals surface area (Å²) in [4.78, 5) is 24.8. The average molecular weight is 261 g/mol. The van der Waals surface area contributed by atoms with Crippen LogP contribution in [0.25, 0.3) is 0 Å². The number of carboxylic acid groups (broad SMARTS) is 1. The van der Waals surface area contributed by atoms with Crippen LogP contribution < -0.4 is 4.90 Å². The van der Waals surface area contributed by atoms with E-state index in [4.69, 9.17) is 5.11 Å². The zero-order chi connectivity index (χ0) is 14.0. The van der Waals surface area contributed by atoms with Gasteiger partial charge in [-0.15, -0.1) is 0 Å². The minimum Gasteiger partial charge on any atom is -0.480 e. The molecule has 102 valence electrons. The van der Waals surface area contributed by atoms with E-state index >= 15 is 0 Å². The van der Waals surface area contributed by atoms with Gasteiger partial charge in [0.1, 0.15) is 5.41 Å². The molecule has 0 aromatic heterocycles. The topological polar surface area (TPSA) is 57.6 Å². The molecule has 0 aliphatic heterocycles. The number of carbonyl (C=O) groups excluding carboxylic acids is 1. The second kappa shape index (κ2) is 5.03. The number of benzene rings is 1. The monoisotopic (exact) mass is 261 g/mol. The second-order valence-corrected chi connectivity index (χ2v) is 5.17. The van der Waals surface area contributed by atoms with Crippen LogP contribution in [0, 0.1) is 5.41 Å². The third-order valence-electron chi connectivity index (χ3n) is 3.74. The summed E-state index contributed by atoms with van der Waals surface area (Å²) < 4.78 is 0. The summed E-state index contributed by atoms with van der Waals surface area (Å²) in [5.41, 5.74) is 0.806. The van der Waals surface area contributed by atoms with Crippen LogP contribution in [0.1, 0.15) is 31.7 Å². The van der Waals surface area contributed by atoms with E-state index in [9.17, 15) is 9.59 Å². The molecule has 0 heterocycles. The fourth-order valence-corrected chi connectivity index (χ4v) is 2.26. The minimum atomic E-state index is -1.17. The number of aliphatic carboxylic acids is 1. The predicted molar refractivity (Wildman–Crippen MR) is 73.1 cm³/mol. The molecular formula is C15H19NO3. The van der Waals surface area contributed by atoms with Crippen molar-refractivity contribution in [2.24, 2.45) is 5.41 Å². The number of amides is 1. The van der Waals surface area contributed by atoms with Crippen LogP contribution >= 0.6 is 0 Å².